The molecule has 1 aromatic rings. The van der Waals surface area contributed by atoms with Gasteiger partial charge in [0.1, 0.15) is 0 Å². The molecule has 1 aromatic heterocycles. The van der Waals surface area contributed by atoms with Crippen molar-refractivity contribution < 1.29 is 34.2 Å². The molecule has 4 atom stereocenters. The molecule has 9 nitrogen and oxygen atoms in total. The summed E-state index contributed by atoms with van der Waals surface area (Å²) in [5.74, 6) is -5.54. The third-order valence-corrected chi connectivity index (χ3v) is 5.11. The van der Waals surface area contributed by atoms with Gasteiger partial charge in [0.2, 0.25) is 0 Å². The predicted molar refractivity (Wildman–Crippen MR) is 75.4 cm³/mol. The number of hydrogen-bond acceptors (Lipinski definition) is 4. The van der Waals surface area contributed by atoms with Crippen LogP contribution in [0, 0.1) is 11.8 Å². The zero-order valence-electron chi connectivity index (χ0n) is 12.1. The Morgan fingerprint density at radius 3 is 2.23 bits per heavy atom. The van der Waals surface area contributed by atoms with Crippen LogP contribution in [0.15, 0.2) is 12.5 Å². The molecule has 0 radical (unpaired) electrons. The molecule has 0 amide bonds. The van der Waals surface area contributed by atoms with Crippen LogP contribution in [0.1, 0.15) is 31.9 Å². The lowest BCUT2D eigenvalue weighted by Crippen LogP contribution is -2.36. The molecular formula is C12H19N2O7P. The summed E-state index contributed by atoms with van der Waals surface area (Å²) in [6.07, 6.45) is 2.84. The van der Waals surface area contributed by atoms with Crippen molar-refractivity contribution in [2.75, 3.05) is 0 Å². The van der Waals surface area contributed by atoms with Crippen LogP contribution in [-0.2, 0) is 14.2 Å². The van der Waals surface area contributed by atoms with Crippen LogP contribution in [0.2, 0.25) is 0 Å². The fourth-order valence-electron chi connectivity index (χ4n) is 2.34. The van der Waals surface area contributed by atoms with Crippen LogP contribution < -0.4 is 0 Å². The first kappa shape index (κ1) is 18.3. The maximum Gasteiger partial charge on any atom is 0.340 e. The Morgan fingerprint density at radius 1 is 1.27 bits per heavy atom. The van der Waals surface area contributed by atoms with Crippen LogP contribution in [0.3, 0.4) is 0 Å². The van der Waals surface area contributed by atoms with E-state index in [1.165, 1.54) is 6.33 Å². The molecule has 1 rings (SSSR count). The van der Waals surface area contributed by atoms with Crippen molar-refractivity contribution in [1.29, 1.82) is 0 Å². The van der Waals surface area contributed by atoms with Gasteiger partial charge in [-0.1, -0.05) is 13.8 Å². The lowest BCUT2D eigenvalue weighted by molar-refractivity contribution is -0.148. The Kier molecular flexibility index (Phi) is 5.87. The first-order valence-corrected chi connectivity index (χ1v) is 8.23. The van der Waals surface area contributed by atoms with Crippen LogP contribution >= 0.6 is 7.60 Å². The summed E-state index contributed by atoms with van der Waals surface area (Å²) in [5.41, 5.74) is -1.53. The van der Waals surface area contributed by atoms with Gasteiger partial charge in [-0.3, -0.25) is 14.2 Å². The fourth-order valence-corrected chi connectivity index (χ4v) is 3.35. The van der Waals surface area contributed by atoms with Gasteiger partial charge in [0.25, 0.3) is 0 Å². The molecule has 124 valence electrons. The van der Waals surface area contributed by atoms with Crippen molar-refractivity contribution in [3.05, 3.63) is 18.2 Å². The summed E-state index contributed by atoms with van der Waals surface area (Å²) in [4.78, 5) is 47.4. The summed E-state index contributed by atoms with van der Waals surface area (Å²) in [7, 11) is -5.09. The van der Waals surface area contributed by atoms with Gasteiger partial charge in [0, 0.05) is 17.8 Å². The molecule has 4 unspecified atom stereocenters. The minimum absolute atomic E-state index is 0.171. The van der Waals surface area contributed by atoms with E-state index < -0.39 is 31.1 Å². The van der Waals surface area contributed by atoms with Gasteiger partial charge < -0.3 is 25.0 Å². The van der Waals surface area contributed by atoms with Crippen LogP contribution in [0.5, 0.6) is 0 Å². The molecule has 0 aliphatic rings. The number of aromatic nitrogens is 2. The molecule has 22 heavy (non-hydrogen) atoms. The maximum absolute atomic E-state index is 11.3. The van der Waals surface area contributed by atoms with E-state index in [-0.39, 0.29) is 18.3 Å². The van der Waals surface area contributed by atoms with Gasteiger partial charge in [0.05, 0.1) is 12.2 Å². The van der Waals surface area contributed by atoms with Crippen molar-refractivity contribution in [3.8, 4) is 0 Å². The highest BCUT2D eigenvalue weighted by Gasteiger charge is 2.46. The Labute approximate surface area is 126 Å². The molecule has 0 spiro atoms. The number of hydrogen-bond donors (Lipinski definition) is 5. The second kappa shape index (κ2) is 7.04. The Morgan fingerprint density at radius 2 is 1.86 bits per heavy atom. The van der Waals surface area contributed by atoms with Crippen LogP contribution in [0.4, 0.5) is 0 Å². The second-order valence-corrected chi connectivity index (χ2v) is 7.06. The maximum atomic E-state index is 11.3. The zero-order chi connectivity index (χ0) is 17.1. The third kappa shape index (κ3) is 4.40. The third-order valence-electron chi connectivity index (χ3n) is 3.80. The number of aliphatic carboxylic acids is 2. The average Bonchev–Trinajstić information content (AvgIpc) is 2.88. The van der Waals surface area contributed by atoms with Gasteiger partial charge in [-0.2, -0.15) is 0 Å². The number of aromatic amines is 1. The highest BCUT2D eigenvalue weighted by atomic mass is 31.2. The molecule has 0 aliphatic carbocycles. The minimum atomic E-state index is -5.09. The van der Waals surface area contributed by atoms with Crippen molar-refractivity contribution in [3.63, 3.8) is 0 Å². The Balaban J connectivity index is 2.99. The topological polar surface area (TPSA) is 161 Å². The van der Waals surface area contributed by atoms with Crippen molar-refractivity contribution >= 4 is 19.5 Å². The molecule has 0 aromatic carbocycles. The predicted octanol–water partition coefficient (Wildman–Crippen LogP) is 0.871. The van der Waals surface area contributed by atoms with E-state index in [9.17, 15) is 19.3 Å². The largest absolute Gasteiger partial charge is 0.481 e. The summed E-state index contributed by atoms with van der Waals surface area (Å²) in [6, 6.07) is 0. The standard InChI is InChI=1S/C12H19N2O7P/c1-6(7(2)9-4-13-5-14-9)3-8(11(15)16)10(12(17)18)22(19,20)21/h4-8,10H,3H2,1-2H3,(H,13,14)(H,15,16)(H,17,18)(H2,19,20,21). The van der Waals surface area contributed by atoms with Crippen molar-refractivity contribution in [2.24, 2.45) is 11.8 Å². The number of imidazole rings is 1. The smallest absolute Gasteiger partial charge is 0.340 e. The number of rotatable bonds is 8. The van der Waals surface area contributed by atoms with Crippen LogP contribution in [0.25, 0.3) is 0 Å². The number of carbonyl (C=O) groups is 2. The van der Waals surface area contributed by atoms with Gasteiger partial charge >= 0.3 is 19.5 Å². The van der Waals surface area contributed by atoms with Crippen molar-refractivity contribution in [2.45, 2.75) is 31.8 Å². The number of nitrogens with zero attached hydrogens (tertiary/aromatic N) is 1. The van der Waals surface area contributed by atoms with Gasteiger partial charge in [-0.25, -0.2) is 4.98 Å². The normalized spacial score (nSPS) is 17.5. The number of nitrogens with one attached hydrogen (secondary N) is 1. The first-order valence-electron chi connectivity index (χ1n) is 6.54. The van der Waals surface area contributed by atoms with Crippen LogP contribution in [-0.4, -0.2) is 47.6 Å². The highest BCUT2D eigenvalue weighted by Crippen LogP contribution is 2.47. The summed E-state index contributed by atoms with van der Waals surface area (Å²) >= 11 is 0. The quantitative estimate of drug-likeness (QED) is 0.437. The van der Waals surface area contributed by atoms with E-state index in [0.717, 1.165) is 5.69 Å². The number of carboxylic acids is 2. The zero-order valence-corrected chi connectivity index (χ0v) is 13.0. The Hall–Kier alpha value is -1.70. The average molecular weight is 334 g/mol. The lowest BCUT2D eigenvalue weighted by atomic mass is 9.84. The van der Waals surface area contributed by atoms with E-state index >= 15 is 0 Å². The lowest BCUT2D eigenvalue weighted by Gasteiger charge is -2.26. The highest BCUT2D eigenvalue weighted by molar-refractivity contribution is 7.53. The molecule has 0 aliphatic heterocycles. The van der Waals surface area contributed by atoms with E-state index in [4.69, 9.17) is 14.9 Å². The van der Waals surface area contributed by atoms with E-state index in [1.807, 2.05) is 0 Å². The number of H-pyrrole nitrogens is 1. The van der Waals surface area contributed by atoms with Crippen molar-refractivity contribution in [1.82, 2.24) is 9.97 Å². The summed E-state index contributed by atoms with van der Waals surface area (Å²) in [5, 5.41) is 18.2. The summed E-state index contributed by atoms with van der Waals surface area (Å²) < 4.78 is 11.3. The molecule has 0 bridgehead atoms. The van der Waals surface area contributed by atoms with E-state index in [1.54, 1.807) is 20.0 Å². The molecular weight excluding hydrogens is 315 g/mol. The molecule has 10 heteroatoms. The molecule has 0 saturated carbocycles. The van der Waals surface area contributed by atoms with Gasteiger partial charge in [-0.15, -0.1) is 0 Å². The van der Waals surface area contributed by atoms with E-state index in [0.29, 0.717) is 0 Å². The second-order valence-electron chi connectivity index (χ2n) is 5.33. The molecule has 0 fully saturated rings. The first-order chi connectivity index (χ1) is 10.1. The Bertz CT molecular complexity index is 568. The molecule has 1 heterocycles. The monoisotopic (exact) mass is 334 g/mol. The SMILES string of the molecule is CC(CC(C(=O)O)C(C(=O)O)P(=O)(O)O)C(C)c1cnc[nH]1. The van der Waals surface area contributed by atoms with Gasteiger partial charge in [0.15, 0.2) is 5.66 Å². The van der Waals surface area contributed by atoms with E-state index in [2.05, 4.69) is 9.97 Å². The number of carboxylic acid groups (broad SMARTS) is 2. The minimum Gasteiger partial charge on any atom is -0.481 e. The molecule has 0 saturated heterocycles. The van der Waals surface area contributed by atoms with Gasteiger partial charge in [-0.05, 0) is 12.3 Å². The summed E-state index contributed by atoms with van der Waals surface area (Å²) in [6.45, 7) is 3.49. The molecule has 5 N–H and O–H groups in total. The fraction of sp³-hybridized carbons (Fsp3) is 0.583.